The molecule has 0 spiro atoms. The molecule has 1 aromatic heterocycles. The van der Waals surface area contributed by atoms with Gasteiger partial charge in [-0.1, -0.05) is 60.3 Å². The van der Waals surface area contributed by atoms with E-state index >= 15 is 0 Å². The Kier molecular flexibility index (Phi) is 6.40. The van der Waals surface area contributed by atoms with Crippen LogP contribution in [0.1, 0.15) is 0 Å². The minimum Gasteiger partial charge on any atom is -0.383 e. The van der Waals surface area contributed by atoms with Gasteiger partial charge >= 0.3 is 0 Å². The number of hydrogen-bond donors (Lipinski definition) is 1. The lowest BCUT2D eigenvalue weighted by atomic mass is 10.2. The first-order valence-electron chi connectivity index (χ1n) is 8.24. The molecule has 1 amide bonds. The zero-order valence-corrected chi connectivity index (χ0v) is 15.3. The number of ether oxygens (including phenoxy) is 1. The summed E-state index contributed by atoms with van der Waals surface area (Å²) in [7, 11) is 1.61. The first-order chi connectivity index (χ1) is 12.8. The standard InChI is InChI=1S/C19H20N4O2S/c1-25-13-12-20-17(24)14-26-19-22-21-18(15-8-4-2-5-9-15)23(19)16-10-6-3-7-11-16/h2-11H,12-14H2,1H3,(H,20,24). The van der Waals surface area contributed by atoms with Crippen LogP contribution in [0.15, 0.2) is 65.8 Å². The van der Waals surface area contributed by atoms with Gasteiger partial charge in [-0.15, -0.1) is 10.2 Å². The van der Waals surface area contributed by atoms with E-state index in [0.29, 0.717) is 18.3 Å². The summed E-state index contributed by atoms with van der Waals surface area (Å²) in [6, 6.07) is 19.8. The number of rotatable bonds is 8. The molecule has 3 aromatic rings. The predicted molar refractivity (Wildman–Crippen MR) is 102 cm³/mol. The summed E-state index contributed by atoms with van der Waals surface area (Å²) in [5.41, 5.74) is 1.93. The number of hydrogen-bond acceptors (Lipinski definition) is 5. The second-order valence-electron chi connectivity index (χ2n) is 5.47. The van der Waals surface area contributed by atoms with Gasteiger partial charge < -0.3 is 10.1 Å². The Bertz CT molecular complexity index is 837. The van der Waals surface area contributed by atoms with E-state index in [4.69, 9.17) is 4.74 Å². The Balaban J connectivity index is 1.84. The Hall–Kier alpha value is -2.64. The van der Waals surface area contributed by atoms with E-state index in [1.54, 1.807) is 7.11 Å². The summed E-state index contributed by atoms with van der Waals surface area (Å²) in [5, 5.41) is 12.2. The van der Waals surface area contributed by atoms with Gasteiger partial charge in [0.25, 0.3) is 0 Å². The minimum atomic E-state index is -0.0593. The first kappa shape index (κ1) is 18.2. The molecular formula is C19H20N4O2S. The molecule has 134 valence electrons. The summed E-state index contributed by atoms with van der Waals surface area (Å²) >= 11 is 1.36. The molecule has 0 fully saturated rings. The third-order valence-electron chi connectivity index (χ3n) is 3.64. The molecule has 2 aromatic carbocycles. The number of methoxy groups -OCH3 is 1. The molecular weight excluding hydrogens is 348 g/mol. The summed E-state index contributed by atoms with van der Waals surface area (Å²) in [4.78, 5) is 12.0. The Morgan fingerprint density at radius 2 is 1.77 bits per heavy atom. The van der Waals surface area contributed by atoms with E-state index < -0.39 is 0 Å². The molecule has 0 unspecified atom stereocenters. The molecule has 3 rings (SSSR count). The number of nitrogens with one attached hydrogen (secondary N) is 1. The maximum absolute atomic E-state index is 12.0. The molecule has 0 saturated carbocycles. The van der Waals surface area contributed by atoms with Crippen molar-refractivity contribution in [2.24, 2.45) is 0 Å². The van der Waals surface area contributed by atoms with Crippen molar-refractivity contribution >= 4 is 17.7 Å². The van der Waals surface area contributed by atoms with Gasteiger partial charge in [-0.3, -0.25) is 9.36 Å². The monoisotopic (exact) mass is 368 g/mol. The molecule has 1 N–H and O–H groups in total. The third-order valence-corrected chi connectivity index (χ3v) is 4.57. The SMILES string of the molecule is COCCNC(=O)CSc1nnc(-c2ccccc2)n1-c1ccccc1. The molecule has 0 aliphatic rings. The van der Waals surface area contributed by atoms with Gasteiger partial charge in [0, 0.05) is 24.9 Å². The second-order valence-corrected chi connectivity index (χ2v) is 6.42. The fourth-order valence-electron chi connectivity index (χ4n) is 2.42. The third kappa shape index (κ3) is 4.50. The molecule has 0 aliphatic carbocycles. The fraction of sp³-hybridized carbons (Fsp3) is 0.211. The number of carbonyl (C=O) groups is 1. The van der Waals surface area contributed by atoms with E-state index in [1.165, 1.54) is 11.8 Å². The highest BCUT2D eigenvalue weighted by Crippen LogP contribution is 2.27. The smallest absolute Gasteiger partial charge is 0.230 e. The first-order valence-corrected chi connectivity index (χ1v) is 9.23. The van der Waals surface area contributed by atoms with Crippen LogP contribution in [-0.4, -0.2) is 46.7 Å². The number of aromatic nitrogens is 3. The van der Waals surface area contributed by atoms with Crippen molar-refractivity contribution in [1.82, 2.24) is 20.1 Å². The second kappa shape index (κ2) is 9.17. The highest BCUT2D eigenvalue weighted by Gasteiger charge is 2.16. The van der Waals surface area contributed by atoms with Crippen LogP contribution in [0.25, 0.3) is 17.1 Å². The molecule has 0 aliphatic heterocycles. The minimum absolute atomic E-state index is 0.0593. The average molecular weight is 368 g/mol. The normalized spacial score (nSPS) is 10.7. The van der Waals surface area contributed by atoms with E-state index in [9.17, 15) is 4.79 Å². The maximum atomic E-state index is 12.0. The molecule has 7 heteroatoms. The van der Waals surface area contributed by atoms with Crippen LogP contribution in [0.5, 0.6) is 0 Å². The van der Waals surface area contributed by atoms with Crippen LogP contribution in [0.4, 0.5) is 0 Å². The molecule has 0 atom stereocenters. The van der Waals surface area contributed by atoms with Crippen LogP contribution in [-0.2, 0) is 9.53 Å². The van der Waals surface area contributed by atoms with Crippen LogP contribution in [0, 0.1) is 0 Å². The zero-order chi connectivity index (χ0) is 18.2. The van der Waals surface area contributed by atoms with Gasteiger partial charge in [0.05, 0.1) is 12.4 Å². The fourth-order valence-corrected chi connectivity index (χ4v) is 3.20. The summed E-state index contributed by atoms with van der Waals surface area (Å²) in [5.74, 6) is 0.957. The molecule has 0 bridgehead atoms. The lowest BCUT2D eigenvalue weighted by Crippen LogP contribution is -2.28. The quantitative estimate of drug-likeness (QED) is 0.489. The van der Waals surface area contributed by atoms with Gasteiger partial charge in [-0.2, -0.15) is 0 Å². The summed E-state index contributed by atoms with van der Waals surface area (Å²) in [6.45, 7) is 0.991. The van der Waals surface area contributed by atoms with Crippen molar-refractivity contribution in [3.8, 4) is 17.1 Å². The van der Waals surface area contributed by atoms with Crippen LogP contribution < -0.4 is 5.32 Å². The van der Waals surface area contributed by atoms with Gasteiger partial charge in [0.15, 0.2) is 11.0 Å². The Morgan fingerprint density at radius 1 is 1.08 bits per heavy atom. The van der Waals surface area contributed by atoms with Gasteiger partial charge in [-0.05, 0) is 12.1 Å². The number of benzene rings is 2. The van der Waals surface area contributed by atoms with E-state index in [-0.39, 0.29) is 11.7 Å². The topological polar surface area (TPSA) is 69.0 Å². The summed E-state index contributed by atoms with van der Waals surface area (Å²) < 4.78 is 6.91. The number of thioether (sulfide) groups is 1. The van der Waals surface area contributed by atoms with E-state index in [1.807, 2.05) is 65.2 Å². The molecule has 0 saturated heterocycles. The van der Waals surface area contributed by atoms with Crippen LogP contribution in [0.3, 0.4) is 0 Å². The highest BCUT2D eigenvalue weighted by molar-refractivity contribution is 7.99. The highest BCUT2D eigenvalue weighted by atomic mass is 32.2. The van der Waals surface area contributed by atoms with Crippen molar-refractivity contribution in [3.05, 3.63) is 60.7 Å². The van der Waals surface area contributed by atoms with Gasteiger partial charge in [0.1, 0.15) is 0 Å². The van der Waals surface area contributed by atoms with Gasteiger partial charge in [0.2, 0.25) is 5.91 Å². The molecule has 0 radical (unpaired) electrons. The lowest BCUT2D eigenvalue weighted by Gasteiger charge is -2.10. The van der Waals surface area contributed by atoms with Crippen molar-refractivity contribution in [1.29, 1.82) is 0 Å². The van der Waals surface area contributed by atoms with E-state index in [2.05, 4.69) is 15.5 Å². The number of nitrogens with zero attached hydrogens (tertiary/aromatic N) is 3. The molecule has 1 heterocycles. The number of amides is 1. The van der Waals surface area contributed by atoms with Crippen LogP contribution >= 0.6 is 11.8 Å². The van der Waals surface area contributed by atoms with E-state index in [0.717, 1.165) is 17.1 Å². The maximum Gasteiger partial charge on any atom is 0.230 e. The number of para-hydroxylation sites is 1. The lowest BCUT2D eigenvalue weighted by molar-refractivity contribution is -0.118. The van der Waals surface area contributed by atoms with Gasteiger partial charge in [-0.25, -0.2) is 0 Å². The largest absolute Gasteiger partial charge is 0.383 e. The zero-order valence-electron chi connectivity index (χ0n) is 14.5. The average Bonchev–Trinajstić information content (AvgIpc) is 3.12. The Labute approximate surface area is 156 Å². The van der Waals surface area contributed by atoms with Crippen molar-refractivity contribution < 1.29 is 9.53 Å². The predicted octanol–water partition coefficient (Wildman–Crippen LogP) is 2.79. The Morgan fingerprint density at radius 3 is 2.46 bits per heavy atom. The van der Waals surface area contributed by atoms with Crippen molar-refractivity contribution in [2.45, 2.75) is 5.16 Å². The summed E-state index contributed by atoms with van der Waals surface area (Å²) in [6.07, 6.45) is 0. The van der Waals surface area contributed by atoms with Crippen molar-refractivity contribution in [2.75, 3.05) is 26.0 Å². The van der Waals surface area contributed by atoms with Crippen LogP contribution in [0.2, 0.25) is 0 Å². The number of carbonyl (C=O) groups excluding carboxylic acids is 1. The molecule has 6 nitrogen and oxygen atoms in total. The molecule has 26 heavy (non-hydrogen) atoms. The van der Waals surface area contributed by atoms with Crippen molar-refractivity contribution in [3.63, 3.8) is 0 Å².